The molecule has 0 saturated heterocycles. The van der Waals surface area contributed by atoms with E-state index in [9.17, 15) is 28.0 Å². The van der Waals surface area contributed by atoms with Crippen molar-refractivity contribution in [1.29, 1.82) is 5.26 Å². The van der Waals surface area contributed by atoms with Gasteiger partial charge < -0.3 is 10.6 Å². The highest BCUT2D eigenvalue weighted by molar-refractivity contribution is 5.88. The lowest BCUT2D eigenvalue weighted by molar-refractivity contribution is -0.126. The predicted molar refractivity (Wildman–Crippen MR) is 147 cm³/mol. The zero-order chi connectivity index (χ0) is 29.3. The third kappa shape index (κ3) is 7.22. The van der Waals surface area contributed by atoms with Crippen LogP contribution in [0.5, 0.6) is 0 Å². The molecule has 2 aromatic carbocycles. The Labute approximate surface area is 233 Å². The highest BCUT2D eigenvalue weighted by atomic mass is 19.3. The summed E-state index contributed by atoms with van der Waals surface area (Å²) in [5, 5.41) is 17.6. The maximum absolute atomic E-state index is 14.5. The number of benzene rings is 2. The minimum atomic E-state index is -2.86. The number of carbonyl (C=O) groups excluding carboxylic acids is 2. The number of halogens is 3. The first-order chi connectivity index (χ1) is 18.7. The Morgan fingerprint density at radius 2 is 1.55 bits per heavy atom. The Kier molecular flexibility index (Phi) is 8.32. The van der Waals surface area contributed by atoms with Crippen molar-refractivity contribution in [3.63, 3.8) is 0 Å². The van der Waals surface area contributed by atoms with Crippen LogP contribution >= 0.6 is 0 Å². The van der Waals surface area contributed by atoms with Crippen molar-refractivity contribution in [2.45, 2.75) is 101 Å². The molecule has 2 atom stereocenters. The van der Waals surface area contributed by atoms with E-state index < -0.39 is 41.0 Å². The Morgan fingerprint density at radius 1 is 1.00 bits per heavy atom. The molecular formula is C31H37F3N4O2. The molecule has 2 aliphatic carbocycles. The van der Waals surface area contributed by atoms with Crippen LogP contribution < -0.4 is 16.0 Å². The van der Waals surface area contributed by atoms with E-state index in [0.29, 0.717) is 12.8 Å². The Balaban J connectivity index is 1.49. The van der Waals surface area contributed by atoms with E-state index in [0.717, 1.165) is 29.5 Å². The molecule has 4 rings (SSSR count). The summed E-state index contributed by atoms with van der Waals surface area (Å²) in [5.41, 5.74) is -0.698. The first kappa shape index (κ1) is 29.6. The molecule has 2 amide bonds. The minimum Gasteiger partial charge on any atom is -0.353 e. The molecule has 0 radical (unpaired) electrons. The van der Waals surface area contributed by atoms with Gasteiger partial charge in [-0.15, -0.1) is 0 Å². The average molecular weight is 555 g/mol. The fourth-order valence-electron chi connectivity index (χ4n) is 4.64. The minimum absolute atomic E-state index is 0.0132. The molecule has 40 heavy (non-hydrogen) atoms. The maximum Gasteiger partial charge on any atom is 0.257 e. The standard InChI is InChI=1S/C31H37F3N4O2/c1-29(2,34)17-24(27(39)38-31(18-35)15-16-31)37-25(26(32)33)21-7-5-19(6-8-21)20-9-11-22(12-10-20)30(3,4)28(40)36-23-13-14-23/h5-12,23-26,37H,13-17H2,1-4H3,(H,36,40)(H,38,39)/t24-,25-/m0/s1. The summed E-state index contributed by atoms with van der Waals surface area (Å²) < 4.78 is 43.0. The number of nitrogens with one attached hydrogen (secondary N) is 3. The third-order valence-electron chi connectivity index (χ3n) is 7.66. The van der Waals surface area contributed by atoms with Gasteiger partial charge in [-0.2, -0.15) is 5.26 Å². The van der Waals surface area contributed by atoms with Gasteiger partial charge in [-0.05, 0) is 75.6 Å². The van der Waals surface area contributed by atoms with Crippen LogP contribution in [0.4, 0.5) is 13.2 Å². The van der Waals surface area contributed by atoms with E-state index in [2.05, 4.69) is 16.0 Å². The molecule has 2 fully saturated rings. The molecule has 2 aromatic rings. The Bertz CT molecular complexity index is 1260. The average Bonchev–Trinajstić information content (AvgIpc) is 3.83. The molecular weight excluding hydrogens is 517 g/mol. The second kappa shape index (κ2) is 11.2. The second-order valence-corrected chi connectivity index (χ2v) is 12.2. The summed E-state index contributed by atoms with van der Waals surface area (Å²) in [6.07, 6.45) is -0.203. The quantitative estimate of drug-likeness (QED) is 0.324. The van der Waals surface area contributed by atoms with E-state index in [4.69, 9.17) is 0 Å². The van der Waals surface area contributed by atoms with E-state index in [1.807, 2.05) is 44.2 Å². The van der Waals surface area contributed by atoms with E-state index in [-0.39, 0.29) is 23.9 Å². The topological polar surface area (TPSA) is 94.0 Å². The number of hydrogen-bond donors (Lipinski definition) is 3. The molecule has 6 nitrogen and oxygen atoms in total. The van der Waals surface area contributed by atoms with Gasteiger partial charge in [-0.3, -0.25) is 14.9 Å². The summed E-state index contributed by atoms with van der Waals surface area (Å²) in [6.45, 7) is 6.33. The summed E-state index contributed by atoms with van der Waals surface area (Å²) in [4.78, 5) is 25.6. The van der Waals surface area contributed by atoms with Crippen molar-refractivity contribution in [1.82, 2.24) is 16.0 Å². The molecule has 214 valence electrons. The van der Waals surface area contributed by atoms with Crippen molar-refractivity contribution in [2.75, 3.05) is 0 Å². The van der Waals surface area contributed by atoms with Crippen molar-refractivity contribution in [2.24, 2.45) is 0 Å². The molecule has 0 aromatic heterocycles. The smallest absolute Gasteiger partial charge is 0.257 e. The normalized spacial score (nSPS) is 18.0. The Hall–Kier alpha value is -3.38. The molecule has 0 bridgehead atoms. The molecule has 0 heterocycles. The third-order valence-corrected chi connectivity index (χ3v) is 7.66. The molecule has 0 aliphatic heterocycles. The highest BCUT2D eigenvalue weighted by Gasteiger charge is 2.46. The summed E-state index contributed by atoms with van der Waals surface area (Å²) in [7, 11) is 0. The van der Waals surface area contributed by atoms with Crippen molar-refractivity contribution < 1.29 is 22.8 Å². The van der Waals surface area contributed by atoms with E-state index in [1.54, 1.807) is 24.3 Å². The molecule has 9 heteroatoms. The van der Waals surface area contributed by atoms with E-state index in [1.165, 1.54) is 13.8 Å². The summed E-state index contributed by atoms with van der Waals surface area (Å²) in [6, 6.07) is 13.7. The largest absolute Gasteiger partial charge is 0.353 e. The van der Waals surface area contributed by atoms with Gasteiger partial charge in [0.1, 0.15) is 11.2 Å². The van der Waals surface area contributed by atoms with Crippen LogP contribution in [0.2, 0.25) is 0 Å². The van der Waals surface area contributed by atoms with Crippen LogP contribution in [-0.2, 0) is 15.0 Å². The number of alkyl halides is 3. The van der Waals surface area contributed by atoms with Gasteiger partial charge in [0.15, 0.2) is 0 Å². The van der Waals surface area contributed by atoms with Gasteiger partial charge in [0.25, 0.3) is 6.43 Å². The van der Waals surface area contributed by atoms with Crippen molar-refractivity contribution in [3.8, 4) is 17.2 Å². The predicted octanol–water partition coefficient (Wildman–Crippen LogP) is 5.48. The number of carbonyl (C=O) groups is 2. The van der Waals surface area contributed by atoms with Crippen LogP contribution in [-0.4, -0.2) is 41.5 Å². The monoisotopic (exact) mass is 554 g/mol. The SMILES string of the molecule is CC(C)(F)C[C@H](N[C@@H](c1ccc(-c2ccc(C(C)(C)C(=O)NC3CC3)cc2)cc1)C(F)F)C(=O)NC1(C#N)CC1. The number of amides is 2. The highest BCUT2D eigenvalue weighted by Crippen LogP contribution is 2.35. The molecule has 0 spiro atoms. The van der Waals surface area contributed by atoms with Crippen LogP contribution in [0.15, 0.2) is 48.5 Å². The lowest BCUT2D eigenvalue weighted by atomic mass is 9.83. The Morgan fingerprint density at radius 3 is 2.00 bits per heavy atom. The summed E-state index contributed by atoms with van der Waals surface area (Å²) in [5.74, 6) is -0.679. The van der Waals surface area contributed by atoms with Crippen LogP contribution in [0.3, 0.4) is 0 Å². The number of rotatable bonds is 12. The zero-order valence-corrected chi connectivity index (χ0v) is 23.4. The lowest BCUT2D eigenvalue weighted by Gasteiger charge is -2.29. The fraction of sp³-hybridized carbons (Fsp3) is 0.516. The van der Waals surface area contributed by atoms with Gasteiger partial charge in [0.2, 0.25) is 11.8 Å². The van der Waals surface area contributed by atoms with Crippen molar-refractivity contribution in [3.05, 3.63) is 59.7 Å². The van der Waals surface area contributed by atoms with Gasteiger partial charge >= 0.3 is 0 Å². The summed E-state index contributed by atoms with van der Waals surface area (Å²) >= 11 is 0. The molecule has 2 saturated carbocycles. The van der Waals surface area contributed by atoms with E-state index >= 15 is 0 Å². The maximum atomic E-state index is 14.5. The van der Waals surface area contributed by atoms with Gasteiger partial charge in [-0.1, -0.05) is 48.5 Å². The molecule has 3 N–H and O–H groups in total. The molecule has 2 aliphatic rings. The van der Waals surface area contributed by atoms with Gasteiger partial charge in [0.05, 0.1) is 23.6 Å². The van der Waals surface area contributed by atoms with Gasteiger partial charge in [0, 0.05) is 12.5 Å². The second-order valence-electron chi connectivity index (χ2n) is 12.2. The molecule has 0 unspecified atom stereocenters. The number of nitrogens with zero attached hydrogens (tertiary/aromatic N) is 1. The van der Waals surface area contributed by atoms with Gasteiger partial charge in [-0.25, -0.2) is 13.2 Å². The van der Waals surface area contributed by atoms with Crippen LogP contribution in [0.1, 0.15) is 77.0 Å². The van der Waals surface area contributed by atoms with Crippen LogP contribution in [0, 0.1) is 11.3 Å². The first-order valence-corrected chi connectivity index (χ1v) is 13.7. The number of nitriles is 1. The number of hydrogen-bond acceptors (Lipinski definition) is 4. The lowest BCUT2D eigenvalue weighted by Crippen LogP contribution is -2.52. The first-order valence-electron chi connectivity index (χ1n) is 13.7. The zero-order valence-electron chi connectivity index (χ0n) is 23.4. The van der Waals surface area contributed by atoms with Crippen molar-refractivity contribution >= 4 is 11.8 Å². The van der Waals surface area contributed by atoms with Crippen LogP contribution in [0.25, 0.3) is 11.1 Å². The fourth-order valence-corrected chi connectivity index (χ4v) is 4.64.